The van der Waals surface area contributed by atoms with Crippen molar-refractivity contribution in [1.29, 1.82) is 0 Å². The largest absolute Gasteiger partial charge is 0.342 e. The van der Waals surface area contributed by atoms with Gasteiger partial charge in [0.25, 0.3) is 0 Å². The van der Waals surface area contributed by atoms with Crippen LogP contribution in [0.25, 0.3) is 0 Å². The molecule has 1 amide bonds. The monoisotopic (exact) mass is 231 g/mol. The highest BCUT2D eigenvalue weighted by atomic mass is 16.2. The Balaban J connectivity index is 1.94. The average Bonchev–Trinajstić information content (AvgIpc) is 2.78. The first kappa shape index (κ1) is 12.2. The third-order valence-electron chi connectivity index (χ3n) is 3.39. The van der Waals surface area contributed by atoms with Crippen LogP contribution in [0.2, 0.25) is 0 Å². The minimum Gasteiger partial charge on any atom is -0.342 e. The summed E-state index contributed by atoms with van der Waals surface area (Å²) in [6.45, 7) is 6.02. The highest BCUT2D eigenvalue weighted by Gasteiger charge is 2.27. The van der Waals surface area contributed by atoms with Crippen molar-refractivity contribution in [2.45, 2.75) is 32.6 Å². The molecule has 0 saturated carbocycles. The Bertz CT molecular complexity index is 372. The van der Waals surface area contributed by atoms with Crippen LogP contribution in [0.15, 0.2) is 30.3 Å². The first-order valence-electron chi connectivity index (χ1n) is 6.49. The Labute approximate surface area is 104 Å². The van der Waals surface area contributed by atoms with E-state index in [1.54, 1.807) is 0 Å². The summed E-state index contributed by atoms with van der Waals surface area (Å²) in [5, 5.41) is 0. The van der Waals surface area contributed by atoms with Crippen LogP contribution in [0.5, 0.6) is 0 Å². The maximum atomic E-state index is 12.0. The normalized spacial score (nSPS) is 19.9. The molecule has 0 N–H and O–H groups in total. The molecule has 1 saturated heterocycles. The smallest absolute Gasteiger partial charge is 0.222 e. The Morgan fingerprint density at radius 1 is 1.35 bits per heavy atom. The van der Waals surface area contributed by atoms with Gasteiger partial charge in [-0.2, -0.15) is 0 Å². The zero-order valence-electron chi connectivity index (χ0n) is 10.7. The Morgan fingerprint density at radius 3 is 2.71 bits per heavy atom. The predicted molar refractivity (Wildman–Crippen MR) is 69.8 cm³/mol. The molecule has 92 valence electrons. The van der Waals surface area contributed by atoms with Crippen molar-refractivity contribution in [3.05, 3.63) is 35.9 Å². The zero-order chi connectivity index (χ0) is 12.3. The number of amides is 1. The molecule has 1 atom stereocenters. The number of benzene rings is 1. The second-order valence-electron chi connectivity index (χ2n) is 5.33. The molecule has 2 rings (SSSR count). The minimum absolute atomic E-state index is 0.318. The van der Waals surface area contributed by atoms with Crippen molar-refractivity contribution in [1.82, 2.24) is 4.90 Å². The molecule has 1 aromatic carbocycles. The molecule has 2 heteroatoms. The van der Waals surface area contributed by atoms with Gasteiger partial charge in [0.2, 0.25) is 5.91 Å². The second-order valence-corrected chi connectivity index (χ2v) is 5.33. The van der Waals surface area contributed by atoms with Crippen LogP contribution in [0, 0.1) is 5.92 Å². The lowest BCUT2D eigenvalue weighted by molar-refractivity contribution is -0.130. The summed E-state index contributed by atoms with van der Waals surface area (Å²) < 4.78 is 0. The fourth-order valence-electron chi connectivity index (χ4n) is 2.46. The lowest BCUT2D eigenvalue weighted by Gasteiger charge is -2.17. The molecule has 1 aromatic rings. The van der Waals surface area contributed by atoms with Gasteiger partial charge in [-0.05, 0) is 17.9 Å². The van der Waals surface area contributed by atoms with Crippen molar-refractivity contribution in [3.63, 3.8) is 0 Å². The van der Waals surface area contributed by atoms with Gasteiger partial charge >= 0.3 is 0 Å². The number of rotatable bonds is 3. The van der Waals surface area contributed by atoms with Crippen LogP contribution in [-0.4, -0.2) is 23.9 Å². The van der Waals surface area contributed by atoms with E-state index in [0.717, 1.165) is 19.5 Å². The minimum atomic E-state index is 0.318. The van der Waals surface area contributed by atoms with Crippen molar-refractivity contribution in [3.8, 4) is 0 Å². The van der Waals surface area contributed by atoms with Crippen LogP contribution in [0.4, 0.5) is 0 Å². The van der Waals surface area contributed by atoms with Gasteiger partial charge in [-0.15, -0.1) is 0 Å². The third-order valence-corrected chi connectivity index (χ3v) is 3.39. The molecule has 1 aliphatic rings. The zero-order valence-corrected chi connectivity index (χ0v) is 10.7. The number of carbonyl (C=O) groups is 1. The maximum Gasteiger partial charge on any atom is 0.222 e. The maximum absolute atomic E-state index is 12.0. The molecule has 0 radical (unpaired) electrons. The third kappa shape index (κ3) is 3.09. The lowest BCUT2D eigenvalue weighted by atomic mass is 9.99. The standard InChI is InChI=1S/C15H21NO/c1-12(2)10-15(17)16-9-8-14(11-16)13-6-4-3-5-7-13/h3-7,12,14H,8-11H2,1-2H3. The quantitative estimate of drug-likeness (QED) is 0.783. The molecule has 0 spiro atoms. The Kier molecular flexibility index (Phi) is 3.82. The van der Waals surface area contributed by atoms with Gasteiger partial charge in [-0.1, -0.05) is 44.2 Å². The summed E-state index contributed by atoms with van der Waals surface area (Å²) in [6.07, 6.45) is 1.79. The van der Waals surface area contributed by atoms with E-state index in [1.807, 2.05) is 11.0 Å². The molecule has 1 unspecified atom stereocenters. The van der Waals surface area contributed by atoms with E-state index in [4.69, 9.17) is 0 Å². The summed E-state index contributed by atoms with van der Waals surface area (Å²) in [5.41, 5.74) is 1.37. The van der Waals surface area contributed by atoms with E-state index in [-0.39, 0.29) is 0 Å². The van der Waals surface area contributed by atoms with Crippen molar-refractivity contribution < 1.29 is 4.79 Å². The van der Waals surface area contributed by atoms with Crippen LogP contribution in [0.1, 0.15) is 38.2 Å². The Hall–Kier alpha value is -1.31. The van der Waals surface area contributed by atoms with Gasteiger partial charge in [0, 0.05) is 25.4 Å². The highest BCUT2D eigenvalue weighted by Crippen LogP contribution is 2.27. The van der Waals surface area contributed by atoms with Crippen molar-refractivity contribution in [2.75, 3.05) is 13.1 Å². The first-order valence-corrected chi connectivity index (χ1v) is 6.49. The fourth-order valence-corrected chi connectivity index (χ4v) is 2.46. The summed E-state index contributed by atoms with van der Waals surface area (Å²) in [7, 11) is 0. The average molecular weight is 231 g/mol. The summed E-state index contributed by atoms with van der Waals surface area (Å²) in [5.74, 6) is 1.31. The lowest BCUT2D eigenvalue weighted by Crippen LogP contribution is -2.29. The number of nitrogens with zero attached hydrogens (tertiary/aromatic N) is 1. The highest BCUT2D eigenvalue weighted by molar-refractivity contribution is 5.76. The van der Waals surface area contributed by atoms with Gasteiger partial charge in [0.05, 0.1) is 0 Å². The summed E-state index contributed by atoms with van der Waals surface area (Å²) in [6, 6.07) is 10.5. The van der Waals surface area contributed by atoms with Crippen LogP contribution in [-0.2, 0) is 4.79 Å². The SMILES string of the molecule is CC(C)CC(=O)N1CCC(c2ccccc2)C1. The van der Waals surface area contributed by atoms with Crippen LogP contribution in [0.3, 0.4) is 0 Å². The van der Waals surface area contributed by atoms with E-state index in [2.05, 4.69) is 38.1 Å². The first-order chi connectivity index (χ1) is 8.16. The number of carbonyl (C=O) groups excluding carboxylic acids is 1. The van der Waals surface area contributed by atoms with Crippen molar-refractivity contribution in [2.24, 2.45) is 5.92 Å². The number of hydrogen-bond acceptors (Lipinski definition) is 1. The molecular formula is C15H21NO. The van der Waals surface area contributed by atoms with Gasteiger partial charge in [0.1, 0.15) is 0 Å². The Morgan fingerprint density at radius 2 is 2.06 bits per heavy atom. The van der Waals surface area contributed by atoms with E-state index in [9.17, 15) is 4.79 Å². The van der Waals surface area contributed by atoms with Gasteiger partial charge in [-0.25, -0.2) is 0 Å². The van der Waals surface area contributed by atoms with Gasteiger partial charge in [-0.3, -0.25) is 4.79 Å². The summed E-state index contributed by atoms with van der Waals surface area (Å²) in [4.78, 5) is 14.0. The predicted octanol–water partition coefficient (Wildman–Crippen LogP) is 3.05. The summed E-state index contributed by atoms with van der Waals surface area (Å²) >= 11 is 0. The molecule has 2 nitrogen and oxygen atoms in total. The molecule has 0 aromatic heterocycles. The molecular weight excluding hydrogens is 210 g/mol. The van der Waals surface area contributed by atoms with E-state index >= 15 is 0 Å². The topological polar surface area (TPSA) is 20.3 Å². The second kappa shape index (κ2) is 5.35. The number of hydrogen-bond donors (Lipinski definition) is 0. The van der Waals surface area contributed by atoms with E-state index < -0.39 is 0 Å². The molecule has 1 heterocycles. The van der Waals surface area contributed by atoms with Crippen LogP contribution < -0.4 is 0 Å². The molecule has 0 aliphatic carbocycles. The van der Waals surface area contributed by atoms with Crippen molar-refractivity contribution >= 4 is 5.91 Å². The van der Waals surface area contributed by atoms with Gasteiger partial charge < -0.3 is 4.90 Å². The molecule has 1 fully saturated rings. The van der Waals surface area contributed by atoms with Gasteiger partial charge in [0.15, 0.2) is 0 Å². The number of likely N-dealkylation sites (tertiary alicyclic amines) is 1. The fraction of sp³-hybridized carbons (Fsp3) is 0.533. The van der Waals surface area contributed by atoms with E-state index in [1.165, 1.54) is 5.56 Å². The molecule has 1 aliphatic heterocycles. The van der Waals surface area contributed by atoms with E-state index in [0.29, 0.717) is 24.2 Å². The van der Waals surface area contributed by atoms with Crippen LogP contribution >= 0.6 is 0 Å². The molecule has 0 bridgehead atoms. The molecule has 17 heavy (non-hydrogen) atoms.